The molecule has 0 spiro atoms. The monoisotopic (exact) mass is 468 g/mol. The molecular weight excluding hydrogens is 447 g/mol. The minimum absolute atomic E-state index is 0.0292. The van der Waals surface area contributed by atoms with Crippen molar-refractivity contribution >= 4 is 23.2 Å². The zero-order chi connectivity index (χ0) is 23.1. The van der Waals surface area contributed by atoms with Crippen molar-refractivity contribution in [3.8, 4) is 17.0 Å². The van der Waals surface area contributed by atoms with Crippen molar-refractivity contribution < 1.29 is 13.9 Å². The second-order valence-electron chi connectivity index (χ2n) is 8.46. The number of hydrogen-bond acceptors (Lipinski definition) is 5. The van der Waals surface area contributed by atoms with Gasteiger partial charge in [-0.1, -0.05) is 11.6 Å². The number of aromatic amines is 1. The van der Waals surface area contributed by atoms with E-state index in [1.807, 2.05) is 0 Å². The molecule has 5 rings (SSSR count). The molecule has 1 aromatic carbocycles. The number of pyridine rings is 2. The molecule has 0 radical (unpaired) electrons. The number of H-pyrrole nitrogens is 1. The SMILES string of the molecule is COc1ccc(-c2cc(F)c(NC(=O)C3CC4Cc5cc(=O)[nH]cc5C(C3)N4)cc2Cl)cn1. The van der Waals surface area contributed by atoms with Gasteiger partial charge in [0, 0.05) is 53.7 Å². The first-order valence-electron chi connectivity index (χ1n) is 10.7. The van der Waals surface area contributed by atoms with Gasteiger partial charge in [0.25, 0.3) is 0 Å². The number of aromatic nitrogens is 2. The standard InChI is InChI=1S/C24H22ClFN4O3/c1-33-23-3-2-12(10-28-23)16-8-19(26)21(9-18(16)25)30-24(32)14-5-15-4-13-7-22(31)27-11-17(13)20(6-14)29-15/h2-3,7-11,14-15,20,29H,4-6H2,1H3,(H,27,31)(H,30,32). The predicted octanol–water partition coefficient (Wildman–Crippen LogP) is 3.84. The van der Waals surface area contributed by atoms with E-state index in [4.69, 9.17) is 16.3 Å². The Morgan fingerprint density at radius 1 is 1.27 bits per heavy atom. The van der Waals surface area contributed by atoms with Gasteiger partial charge >= 0.3 is 0 Å². The maximum atomic E-state index is 14.9. The predicted molar refractivity (Wildman–Crippen MR) is 123 cm³/mol. The highest BCUT2D eigenvalue weighted by molar-refractivity contribution is 6.33. The van der Waals surface area contributed by atoms with Gasteiger partial charge in [0.1, 0.15) is 5.82 Å². The van der Waals surface area contributed by atoms with E-state index in [0.717, 1.165) is 11.1 Å². The molecule has 3 atom stereocenters. The van der Waals surface area contributed by atoms with Crippen LogP contribution in [0.2, 0.25) is 5.02 Å². The zero-order valence-electron chi connectivity index (χ0n) is 17.8. The molecule has 9 heteroatoms. The third kappa shape index (κ3) is 4.24. The molecule has 2 bridgehead atoms. The van der Waals surface area contributed by atoms with E-state index in [-0.39, 0.29) is 35.2 Å². The molecule has 3 unspecified atom stereocenters. The number of amides is 1. The summed E-state index contributed by atoms with van der Waals surface area (Å²) in [6.07, 6.45) is 5.13. The third-order valence-corrected chi connectivity index (χ3v) is 6.67. The van der Waals surface area contributed by atoms with E-state index < -0.39 is 5.82 Å². The zero-order valence-corrected chi connectivity index (χ0v) is 18.6. The van der Waals surface area contributed by atoms with Gasteiger partial charge in [-0.05, 0) is 48.6 Å². The lowest BCUT2D eigenvalue weighted by Gasteiger charge is -2.40. The fourth-order valence-electron chi connectivity index (χ4n) is 4.77. The molecule has 1 fully saturated rings. The van der Waals surface area contributed by atoms with Crippen LogP contribution in [-0.2, 0) is 11.2 Å². The summed E-state index contributed by atoms with van der Waals surface area (Å²) in [6.45, 7) is 0. The minimum atomic E-state index is -0.574. The Morgan fingerprint density at radius 3 is 2.88 bits per heavy atom. The summed E-state index contributed by atoms with van der Waals surface area (Å²) in [5.74, 6) is -0.659. The second-order valence-corrected chi connectivity index (χ2v) is 8.86. The Hall–Kier alpha value is -3.23. The number of anilines is 1. The van der Waals surface area contributed by atoms with Gasteiger partial charge in [-0.15, -0.1) is 0 Å². The van der Waals surface area contributed by atoms with E-state index >= 15 is 0 Å². The van der Waals surface area contributed by atoms with Crippen molar-refractivity contribution in [3.05, 3.63) is 75.0 Å². The summed E-state index contributed by atoms with van der Waals surface area (Å²) in [6, 6.07) is 7.82. The Morgan fingerprint density at radius 2 is 2.12 bits per heavy atom. The molecule has 7 nitrogen and oxygen atoms in total. The summed E-state index contributed by atoms with van der Waals surface area (Å²) in [5.41, 5.74) is 3.07. The summed E-state index contributed by atoms with van der Waals surface area (Å²) in [4.78, 5) is 31.5. The summed E-state index contributed by atoms with van der Waals surface area (Å²) >= 11 is 6.41. The van der Waals surface area contributed by atoms with E-state index in [9.17, 15) is 14.0 Å². The summed E-state index contributed by atoms with van der Waals surface area (Å²) in [5, 5.41) is 6.54. The lowest BCUT2D eigenvalue weighted by molar-refractivity contribution is -0.121. The molecule has 1 amide bonds. The third-order valence-electron chi connectivity index (χ3n) is 6.36. The molecule has 3 N–H and O–H groups in total. The number of carbonyl (C=O) groups is 1. The highest BCUT2D eigenvalue weighted by Gasteiger charge is 2.37. The highest BCUT2D eigenvalue weighted by atomic mass is 35.5. The van der Waals surface area contributed by atoms with Gasteiger partial charge in [0.2, 0.25) is 17.3 Å². The normalized spacial score (nSPS) is 21.2. The van der Waals surface area contributed by atoms with Crippen molar-refractivity contribution in [1.82, 2.24) is 15.3 Å². The van der Waals surface area contributed by atoms with Gasteiger partial charge < -0.3 is 20.4 Å². The van der Waals surface area contributed by atoms with Crippen LogP contribution in [0.15, 0.2) is 47.5 Å². The Labute approximate surface area is 194 Å². The van der Waals surface area contributed by atoms with Crippen molar-refractivity contribution in [3.63, 3.8) is 0 Å². The van der Waals surface area contributed by atoms with Crippen molar-refractivity contribution in [2.75, 3.05) is 12.4 Å². The minimum Gasteiger partial charge on any atom is -0.481 e. The van der Waals surface area contributed by atoms with Crippen LogP contribution < -0.4 is 20.9 Å². The molecular formula is C24H22ClFN4O3. The first-order valence-corrected chi connectivity index (χ1v) is 11.1. The van der Waals surface area contributed by atoms with Crippen LogP contribution in [0.4, 0.5) is 10.1 Å². The number of ether oxygens (including phenoxy) is 1. The fraction of sp³-hybridized carbons (Fsp3) is 0.292. The molecule has 4 heterocycles. The van der Waals surface area contributed by atoms with Crippen molar-refractivity contribution in [2.24, 2.45) is 5.92 Å². The Bertz CT molecular complexity index is 1280. The molecule has 0 aliphatic carbocycles. The molecule has 33 heavy (non-hydrogen) atoms. The van der Waals surface area contributed by atoms with Gasteiger partial charge in [0.15, 0.2) is 0 Å². The number of halogens is 2. The fourth-order valence-corrected chi connectivity index (χ4v) is 5.04. The lowest BCUT2D eigenvalue weighted by atomic mass is 9.77. The lowest BCUT2D eigenvalue weighted by Crippen LogP contribution is -2.48. The van der Waals surface area contributed by atoms with Gasteiger partial charge in [0.05, 0.1) is 17.8 Å². The van der Waals surface area contributed by atoms with Gasteiger partial charge in [-0.25, -0.2) is 9.37 Å². The molecule has 2 aromatic heterocycles. The first kappa shape index (κ1) is 21.6. The number of hydrogen-bond donors (Lipinski definition) is 3. The van der Waals surface area contributed by atoms with Crippen LogP contribution in [0.25, 0.3) is 11.1 Å². The Balaban J connectivity index is 1.33. The largest absolute Gasteiger partial charge is 0.481 e. The van der Waals surface area contributed by atoms with Gasteiger partial charge in [-0.2, -0.15) is 0 Å². The topological polar surface area (TPSA) is 96.1 Å². The number of carbonyl (C=O) groups excluding carboxylic acids is 1. The smallest absolute Gasteiger partial charge is 0.248 e. The second kappa shape index (κ2) is 8.61. The van der Waals surface area contributed by atoms with Crippen LogP contribution in [-0.4, -0.2) is 29.0 Å². The Kier molecular flexibility index (Phi) is 5.64. The van der Waals surface area contributed by atoms with Crippen molar-refractivity contribution in [2.45, 2.75) is 31.3 Å². The number of methoxy groups -OCH3 is 1. The summed E-state index contributed by atoms with van der Waals surface area (Å²) in [7, 11) is 1.52. The van der Waals surface area contributed by atoms with Crippen LogP contribution in [0.1, 0.15) is 30.0 Å². The molecule has 0 saturated carbocycles. The van der Waals surface area contributed by atoms with Crippen LogP contribution in [0, 0.1) is 11.7 Å². The van der Waals surface area contributed by atoms with E-state index in [0.29, 0.717) is 41.3 Å². The number of benzene rings is 1. The quantitative estimate of drug-likeness (QED) is 0.540. The highest BCUT2D eigenvalue weighted by Crippen LogP contribution is 2.38. The maximum Gasteiger partial charge on any atom is 0.248 e. The number of fused-ring (bicyclic) bond motifs is 4. The van der Waals surface area contributed by atoms with E-state index in [1.54, 1.807) is 30.6 Å². The summed E-state index contributed by atoms with van der Waals surface area (Å²) < 4.78 is 19.9. The molecule has 170 valence electrons. The molecule has 2 aliphatic heterocycles. The van der Waals surface area contributed by atoms with Gasteiger partial charge in [-0.3, -0.25) is 9.59 Å². The van der Waals surface area contributed by atoms with Crippen LogP contribution in [0.3, 0.4) is 0 Å². The number of rotatable bonds is 4. The average Bonchev–Trinajstić information content (AvgIpc) is 2.80. The maximum absolute atomic E-state index is 14.9. The van der Waals surface area contributed by atoms with Crippen LogP contribution in [0.5, 0.6) is 5.88 Å². The van der Waals surface area contributed by atoms with E-state index in [2.05, 4.69) is 20.6 Å². The molecule has 3 aromatic rings. The van der Waals surface area contributed by atoms with Crippen molar-refractivity contribution in [1.29, 1.82) is 0 Å². The number of nitrogens with zero attached hydrogens (tertiary/aromatic N) is 1. The molecule has 2 aliphatic rings. The number of nitrogens with one attached hydrogen (secondary N) is 3. The molecule has 1 saturated heterocycles. The van der Waals surface area contributed by atoms with Crippen LogP contribution >= 0.6 is 11.6 Å². The van der Waals surface area contributed by atoms with E-state index in [1.165, 1.54) is 19.2 Å². The first-order chi connectivity index (χ1) is 15.9. The number of piperidine rings is 1. The average molecular weight is 469 g/mol.